The first kappa shape index (κ1) is 23.0. The lowest BCUT2D eigenvalue weighted by atomic mass is 10.2. The van der Waals surface area contributed by atoms with Gasteiger partial charge in [-0.25, -0.2) is 12.8 Å². The minimum atomic E-state index is -4.12. The van der Waals surface area contributed by atoms with Crippen LogP contribution in [0.15, 0.2) is 47.4 Å². The zero-order valence-corrected chi connectivity index (χ0v) is 18.1. The molecular weight excluding hydrogens is 446 g/mol. The SMILES string of the molecule is CSCC[C@@H](NS(=O)(=O)c1c(Cl)cccc1Cl)C(=O)NCc1ccc(F)cc1. The summed E-state index contributed by atoms with van der Waals surface area (Å²) in [5.74, 6) is -0.310. The number of nitrogens with one attached hydrogen (secondary N) is 2. The molecule has 0 spiro atoms. The third-order valence-corrected chi connectivity index (χ3v) is 6.86. The summed E-state index contributed by atoms with van der Waals surface area (Å²) in [4.78, 5) is 12.3. The number of halogens is 3. The Labute approximate surface area is 178 Å². The van der Waals surface area contributed by atoms with E-state index in [1.54, 1.807) is 12.1 Å². The first-order chi connectivity index (χ1) is 13.2. The molecule has 2 aromatic rings. The van der Waals surface area contributed by atoms with Gasteiger partial charge >= 0.3 is 0 Å². The molecule has 0 aliphatic carbocycles. The van der Waals surface area contributed by atoms with Crippen molar-refractivity contribution in [3.63, 3.8) is 0 Å². The lowest BCUT2D eigenvalue weighted by Crippen LogP contribution is -2.46. The molecule has 0 unspecified atom stereocenters. The largest absolute Gasteiger partial charge is 0.351 e. The van der Waals surface area contributed by atoms with E-state index in [1.165, 1.54) is 42.1 Å². The maximum Gasteiger partial charge on any atom is 0.244 e. The van der Waals surface area contributed by atoms with Crippen molar-refractivity contribution in [3.8, 4) is 0 Å². The fourth-order valence-electron chi connectivity index (χ4n) is 2.38. The molecule has 152 valence electrons. The summed E-state index contributed by atoms with van der Waals surface area (Å²) in [6.45, 7) is 0.142. The van der Waals surface area contributed by atoms with Gasteiger partial charge in [0.2, 0.25) is 15.9 Å². The fraction of sp³-hybridized carbons (Fsp3) is 0.278. The van der Waals surface area contributed by atoms with Gasteiger partial charge in [-0.1, -0.05) is 41.4 Å². The normalized spacial score (nSPS) is 12.6. The van der Waals surface area contributed by atoms with E-state index in [-0.39, 0.29) is 33.7 Å². The van der Waals surface area contributed by atoms with Gasteiger partial charge < -0.3 is 5.32 Å². The molecule has 5 nitrogen and oxygen atoms in total. The van der Waals surface area contributed by atoms with Crippen molar-refractivity contribution in [1.82, 2.24) is 10.0 Å². The number of benzene rings is 2. The minimum Gasteiger partial charge on any atom is -0.351 e. The van der Waals surface area contributed by atoms with Gasteiger partial charge in [0.1, 0.15) is 16.8 Å². The van der Waals surface area contributed by atoms with E-state index >= 15 is 0 Å². The van der Waals surface area contributed by atoms with E-state index in [4.69, 9.17) is 23.2 Å². The molecule has 0 aliphatic heterocycles. The Balaban J connectivity index is 2.15. The predicted octanol–water partition coefficient (Wildman–Crippen LogP) is 3.85. The number of carbonyl (C=O) groups is 1. The fourth-order valence-corrected chi connectivity index (χ4v) is 5.22. The van der Waals surface area contributed by atoms with Crippen LogP contribution < -0.4 is 10.0 Å². The summed E-state index contributed by atoms with van der Waals surface area (Å²) in [5.41, 5.74) is 0.690. The molecule has 0 heterocycles. The molecule has 0 bridgehead atoms. The van der Waals surface area contributed by atoms with Gasteiger partial charge in [-0.2, -0.15) is 16.5 Å². The van der Waals surface area contributed by atoms with Crippen LogP contribution >= 0.6 is 35.0 Å². The molecule has 0 saturated heterocycles. The summed E-state index contributed by atoms with van der Waals surface area (Å²) in [6.07, 6.45) is 2.13. The third-order valence-electron chi connectivity index (χ3n) is 3.79. The van der Waals surface area contributed by atoms with Crippen molar-refractivity contribution in [2.75, 3.05) is 12.0 Å². The van der Waals surface area contributed by atoms with Crippen molar-refractivity contribution < 1.29 is 17.6 Å². The highest BCUT2D eigenvalue weighted by Crippen LogP contribution is 2.29. The Kier molecular flexibility index (Phi) is 8.57. The highest BCUT2D eigenvalue weighted by Gasteiger charge is 2.28. The van der Waals surface area contributed by atoms with Gasteiger partial charge in [-0.05, 0) is 48.3 Å². The van der Waals surface area contributed by atoms with Gasteiger partial charge in [-0.3, -0.25) is 4.79 Å². The Bertz CT molecular complexity index is 905. The lowest BCUT2D eigenvalue weighted by molar-refractivity contribution is -0.122. The molecule has 0 radical (unpaired) electrons. The molecule has 0 saturated carbocycles. The highest BCUT2D eigenvalue weighted by molar-refractivity contribution is 7.98. The smallest absolute Gasteiger partial charge is 0.244 e. The van der Waals surface area contributed by atoms with Crippen molar-refractivity contribution in [3.05, 3.63) is 63.9 Å². The number of thioether (sulfide) groups is 1. The van der Waals surface area contributed by atoms with E-state index in [1.807, 2.05) is 6.26 Å². The molecule has 2 N–H and O–H groups in total. The average molecular weight is 465 g/mol. The van der Waals surface area contributed by atoms with Gasteiger partial charge in [0.05, 0.1) is 10.0 Å². The van der Waals surface area contributed by atoms with Gasteiger partial charge in [0.25, 0.3) is 0 Å². The van der Waals surface area contributed by atoms with Gasteiger partial charge in [0.15, 0.2) is 0 Å². The van der Waals surface area contributed by atoms with E-state index in [0.29, 0.717) is 11.3 Å². The number of carbonyl (C=O) groups excluding carboxylic acids is 1. The molecular formula is C18H19Cl2FN2O3S2. The quantitative estimate of drug-likeness (QED) is 0.590. The summed E-state index contributed by atoms with van der Waals surface area (Å²) < 4.78 is 40.9. The average Bonchev–Trinajstić information content (AvgIpc) is 2.64. The standard InChI is InChI=1S/C18H19Cl2FN2O3S2/c1-27-10-9-16(18(24)22-11-12-5-7-13(21)8-6-12)23-28(25,26)17-14(19)3-2-4-15(17)20/h2-8,16,23H,9-11H2,1H3,(H,22,24)/t16-/m1/s1. The first-order valence-corrected chi connectivity index (χ1v) is 11.9. The molecule has 0 aliphatic rings. The number of hydrogen-bond acceptors (Lipinski definition) is 4. The van der Waals surface area contributed by atoms with Crippen LogP contribution in [0.4, 0.5) is 4.39 Å². The van der Waals surface area contributed by atoms with E-state index in [9.17, 15) is 17.6 Å². The van der Waals surface area contributed by atoms with Crippen LogP contribution in [0, 0.1) is 5.82 Å². The molecule has 10 heteroatoms. The summed E-state index contributed by atoms with van der Waals surface area (Å²) in [6, 6.07) is 9.00. The number of rotatable bonds is 9. The second kappa shape index (κ2) is 10.5. The van der Waals surface area contributed by atoms with Gasteiger partial charge in [-0.15, -0.1) is 0 Å². The summed E-state index contributed by atoms with van der Waals surface area (Å²) in [7, 11) is -4.12. The third kappa shape index (κ3) is 6.35. The maximum absolute atomic E-state index is 13.0. The van der Waals surface area contributed by atoms with Crippen molar-refractivity contribution in [1.29, 1.82) is 0 Å². The molecule has 2 aromatic carbocycles. The second-order valence-electron chi connectivity index (χ2n) is 5.85. The van der Waals surface area contributed by atoms with E-state index in [0.717, 1.165) is 0 Å². The van der Waals surface area contributed by atoms with Crippen molar-refractivity contribution in [2.45, 2.75) is 23.9 Å². The van der Waals surface area contributed by atoms with Crippen LogP contribution in [0.5, 0.6) is 0 Å². The molecule has 28 heavy (non-hydrogen) atoms. The number of amides is 1. The second-order valence-corrected chi connectivity index (χ2v) is 9.30. The summed E-state index contributed by atoms with van der Waals surface area (Å²) in [5, 5.41) is 2.60. The van der Waals surface area contributed by atoms with Crippen molar-refractivity contribution >= 4 is 50.9 Å². The van der Waals surface area contributed by atoms with Crippen LogP contribution in [0.1, 0.15) is 12.0 Å². The highest BCUT2D eigenvalue weighted by atomic mass is 35.5. The molecule has 0 fully saturated rings. The molecule has 1 atom stereocenters. The molecule has 1 amide bonds. The monoisotopic (exact) mass is 464 g/mol. The van der Waals surface area contributed by atoms with Crippen LogP contribution in [-0.2, 0) is 21.4 Å². The van der Waals surface area contributed by atoms with Crippen molar-refractivity contribution in [2.24, 2.45) is 0 Å². The van der Waals surface area contributed by atoms with Crippen LogP contribution in [-0.4, -0.2) is 32.4 Å². The topological polar surface area (TPSA) is 75.3 Å². The van der Waals surface area contributed by atoms with Crippen LogP contribution in [0.25, 0.3) is 0 Å². The zero-order valence-electron chi connectivity index (χ0n) is 14.9. The van der Waals surface area contributed by atoms with Crippen LogP contribution in [0.2, 0.25) is 10.0 Å². The van der Waals surface area contributed by atoms with E-state index < -0.39 is 22.0 Å². The zero-order chi connectivity index (χ0) is 20.7. The molecule has 0 aromatic heterocycles. The van der Waals surface area contributed by atoms with Crippen LogP contribution in [0.3, 0.4) is 0 Å². The summed E-state index contributed by atoms with van der Waals surface area (Å²) >= 11 is 13.5. The number of sulfonamides is 1. The molecule has 2 rings (SSSR count). The maximum atomic E-state index is 13.0. The Morgan fingerprint density at radius 3 is 2.32 bits per heavy atom. The lowest BCUT2D eigenvalue weighted by Gasteiger charge is -2.19. The Morgan fingerprint density at radius 2 is 1.75 bits per heavy atom. The van der Waals surface area contributed by atoms with E-state index in [2.05, 4.69) is 10.0 Å². The van der Waals surface area contributed by atoms with Gasteiger partial charge in [0, 0.05) is 6.54 Å². The minimum absolute atomic E-state index is 0.0321. The number of hydrogen-bond donors (Lipinski definition) is 2. The first-order valence-electron chi connectivity index (χ1n) is 8.22. The Hall–Kier alpha value is -1.32. The Morgan fingerprint density at radius 1 is 1.14 bits per heavy atom. The predicted molar refractivity (Wildman–Crippen MR) is 112 cm³/mol.